The highest BCUT2D eigenvalue weighted by Gasteiger charge is 2.03. The first-order valence-corrected chi connectivity index (χ1v) is 6.57. The molecule has 0 amide bonds. The Morgan fingerprint density at radius 1 is 1.29 bits per heavy atom. The zero-order chi connectivity index (χ0) is 12.7. The average molecular weight is 256 g/mol. The van der Waals surface area contributed by atoms with Gasteiger partial charge in [0, 0.05) is 13.1 Å². The summed E-state index contributed by atoms with van der Waals surface area (Å²) in [6.45, 7) is 8.52. The third kappa shape index (κ3) is 4.44. The Hall–Kier alpha value is -0.930. The normalized spacial score (nSPS) is 10.8. The molecule has 0 aliphatic heterocycles. The van der Waals surface area contributed by atoms with Crippen LogP contribution in [0.25, 0.3) is 0 Å². The minimum absolute atomic E-state index is 0.607. The van der Waals surface area contributed by atoms with E-state index in [4.69, 9.17) is 17.3 Å². The van der Waals surface area contributed by atoms with Crippen LogP contribution in [0.4, 0.5) is 11.4 Å². The maximum absolute atomic E-state index is 5.96. The Morgan fingerprint density at radius 3 is 2.71 bits per heavy atom. The van der Waals surface area contributed by atoms with E-state index in [2.05, 4.69) is 24.1 Å². The number of nitrogens with zero attached hydrogens (tertiary/aromatic N) is 1. The van der Waals surface area contributed by atoms with Gasteiger partial charge < -0.3 is 16.0 Å². The standard InChI is InChI=1S/C13H22ClN3/c1-3-9-17(4-2)10-8-16-12-7-5-6-11(14)13(12)15/h5-7,16H,3-4,8-10,15H2,1-2H3. The van der Waals surface area contributed by atoms with Gasteiger partial charge in [0.2, 0.25) is 0 Å². The first kappa shape index (κ1) is 14.1. The van der Waals surface area contributed by atoms with Crippen LogP contribution >= 0.6 is 11.6 Å². The molecule has 0 aliphatic carbocycles. The third-order valence-electron chi connectivity index (χ3n) is 2.78. The van der Waals surface area contributed by atoms with Crippen LogP contribution < -0.4 is 11.1 Å². The smallest absolute Gasteiger partial charge is 0.0739 e. The lowest BCUT2D eigenvalue weighted by atomic mass is 10.2. The molecule has 0 aromatic heterocycles. The molecule has 4 heteroatoms. The van der Waals surface area contributed by atoms with Crippen LogP contribution in [0.2, 0.25) is 5.02 Å². The maximum atomic E-state index is 5.96. The minimum atomic E-state index is 0.607. The van der Waals surface area contributed by atoms with Gasteiger partial charge in [-0.1, -0.05) is 31.5 Å². The van der Waals surface area contributed by atoms with E-state index in [1.807, 2.05) is 12.1 Å². The number of halogens is 1. The van der Waals surface area contributed by atoms with Crippen molar-refractivity contribution >= 4 is 23.0 Å². The van der Waals surface area contributed by atoms with Gasteiger partial charge in [0.1, 0.15) is 0 Å². The second kappa shape index (κ2) is 7.41. The summed E-state index contributed by atoms with van der Waals surface area (Å²) in [6.07, 6.45) is 1.19. The highest BCUT2D eigenvalue weighted by atomic mass is 35.5. The summed E-state index contributed by atoms with van der Waals surface area (Å²) in [5.74, 6) is 0. The molecule has 0 atom stereocenters. The zero-order valence-corrected chi connectivity index (χ0v) is 11.4. The Morgan fingerprint density at radius 2 is 2.06 bits per heavy atom. The quantitative estimate of drug-likeness (QED) is 0.736. The fraction of sp³-hybridized carbons (Fsp3) is 0.538. The van der Waals surface area contributed by atoms with Crippen LogP contribution in [0.5, 0.6) is 0 Å². The summed E-state index contributed by atoms with van der Waals surface area (Å²) >= 11 is 5.96. The van der Waals surface area contributed by atoms with Gasteiger partial charge in [-0.25, -0.2) is 0 Å². The number of nitrogens with two attached hydrogens (primary N) is 1. The molecule has 0 fully saturated rings. The molecule has 1 rings (SSSR count). The molecule has 96 valence electrons. The van der Waals surface area contributed by atoms with Crippen LogP contribution in [-0.4, -0.2) is 31.1 Å². The van der Waals surface area contributed by atoms with Crippen molar-refractivity contribution in [3.8, 4) is 0 Å². The summed E-state index contributed by atoms with van der Waals surface area (Å²) in [7, 11) is 0. The Kier molecular flexibility index (Phi) is 6.16. The fourth-order valence-corrected chi connectivity index (χ4v) is 1.96. The topological polar surface area (TPSA) is 41.3 Å². The molecule has 1 aromatic carbocycles. The number of rotatable bonds is 7. The van der Waals surface area contributed by atoms with Crippen molar-refractivity contribution in [1.82, 2.24) is 4.90 Å². The number of nitrogens with one attached hydrogen (secondary N) is 1. The first-order valence-electron chi connectivity index (χ1n) is 6.19. The van der Waals surface area contributed by atoms with Crippen LogP contribution in [0.1, 0.15) is 20.3 Å². The van der Waals surface area contributed by atoms with E-state index in [9.17, 15) is 0 Å². The molecule has 0 heterocycles. The molecule has 0 saturated carbocycles. The molecule has 1 aromatic rings. The van der Waals surface area contributed by atoms with E-state index in [0.29, 0.717) is 10.7 Å². The van der Waals surface area contributed by atoms with Crippen molar-refractivity contribution in [3.05, 3.63) is 23.2 Å². The van der Waals surface area contributed by atoms with Crippen molar-refractivity contribution in [2.24, 2.45) is 0 Å². The van der Waals surface area contributed by atoms with Gasteiger partial charge in [0.25, 0.3) is 0 Å². The van der Waals surface area contributed by atoms with Gasteiger partial charge in [-0.15, -0.1) is 0 Å². The molecule has 0 spiro atoms. The summed E-state index contributed by atoms with van der Waals surface area (Å²) < 4.78 is 0. The highest BCUT2D eigenvalue weighted by Crippen LogP contribution is 2.26. The Balaban J connectivity index is 2.42. The number of nitrogen functional groups attached to an aromatic ring is 1. The van der Waals surface area contributed by atoms with E-state index in [0.717, 1.165) is 31.9 Å². The number of anilines is 2. The predicted octanol–water partition coefficient (Wildman–Crippen LogP) is 3.07. The van der Waals surface area contributed by atoms with Crippen molar-refractivity contribution in [3.63, 3.8) is 0 Å². The van der Waals surface area contributed by atoms with Crippen molar-refractivity contribution in [1.29, 1.82) is 0 Å². The lowest BCUT2D eigenvalue weighted by Crippen LogP contribution is -2.29. The summed E-state index contributed by atoms with van der Waals surface area (Å²) in [4.78, 5) is 2.41. The number of hydrogen-bond acceptors (Lipinski definition) is 3. The van der Waals surface area contributed by atoms with Crippen LogP contribution in [0, 0.1) is 0 Å². The second-order valence-corrected chi connectivity index (χ2v) is 4.47. The van der Waals surface area contributed by atoms with Gasteiger partial charge >= 0.3 is 0 Å². The molecule has 17 heavy (non-hydrogen) atoms. The number of benzene rings is 1. The molecular weight excluding hydrogens is 234 g/mol. The van der Waals surface area contributed by atoms with Crippen LogP contribution in [-0.2, 0) is 0 Å². The van der Waals surface area contributed by atoms with Crippen molar-refractivity contribution in [2.45, 2.75) is 20.3 Å². The molecule has 0 aliphatic rings. The van der Waals surface area contributed by atoms with Crippen LogP contribution in [0.3, 0.4) is 0 Å². The van der Waals surface area contributed by atoms with E-state index >= 15 is 0 Å². The maximum Gasteiger partial charge on any atom is 0.0739 e. The average Bonchev–Trinajstić information content (AvgIpc) is 2.33. The number of likely N-dealkylation sites (N-methyl/N-ethyl adjacent to an activating group) is 1. The van der Waals surface area contributed by atoms with Crippen molar-refractivity contribution in [2.75, 3.05) is 37.2 Å². The molecule has 3 N–H and O–H groups in total. The van der Waals surface area contributed by atoms with Gasteiger partial charge in [-0.05, 0) is 31.6 Å². The minimum Gasteiger partial charge on any atom is -0.396 e. The second-order valence-electron chi connectivity index (χ2n) is 4.06. The summed E-state index contributed by atoms with van der Waals surface area (Å²) in [5.41, 5.74) is 7.44. The van der Waals surface area contributed by atoms with E-state index in [1.165, 1.54) is 6.42 Å². The fourth-order valence-electron chi connectivity index (χ4n) is 1.78. The van der Waals surface area contributed by atoms with Gasteiger partial charge in [0.15, 0.2) is 0 Å². The number of hydrogen-bond donors (Lipinski definition) is 2. The van der Waals surface area contributed by atoms with Crippen LogP contribution in [0.15, 0.2) is 18.2 Å². The highest BCUT2D eigenvalue weighted by molar-refractivity contribution is 6.33. The van der Waals surface area contributed by atoms with Gasteiger partial charge in [-0.2, -0.15) is 0 Å². The predicted molar refractivity (Wildman–Crippen MR) is 76.8 cm³/mol. The third-order valence-corrected chi connectivity index (χ3v) is 3.11. The lowest BCUT2D eigenvalue weighted by Gasteiger charge is -2.20. The van der Waals surface area contributed by atoms with Gasteiger partial charge in [0.05, 0.1) is 16.4 Å². The van der Waals surface area contributed by atoms with E-state index in [-0.39, 0.29) is 0 Å². The summed E-state index contributed by atoms with van der Waals surface area (Å²) in [5, 5.41) is 3.93. The largest absolute Gasteiger partial charge is 0.396 e. The lowest BCUT2D eigenvalue weighted by molar-refractivity contribution is 0.300. The molecule has 0 radical (unpaired) electrons. The monoisotopic (exact) mass is 255 g/mol. The Bertz CT molecular complexity index is 341. The first-order chi connectivity index (χ1) is 8.19. The molecule has 0 unspecified atom stereocenters. The molecular formula is C13H22ClN3. The van der Waals surface area contributed by atoms with Gasteiger partial charge in [-0.3, -0.25) is 0 Å². The number of para-hydroxylation sites is 1. The molecule has 3 nitrogen and oxygen atoms in total. The van der Waals surface area contributed by atoms with Crippen molar-refractivity contribution < 1.29 is 0 Å². The van der Waals surface area contributed by atoms with E-state index < -0.39 is 0 Å². The van der Waals surface area contributed by atoms with E-state index in [1.54, 1.807) is 6.07 Å². The molecule has 0 bridgehead atoms. The Labute approximate surface area is 109 Å². The zero-order valence-electron chi connectivity index (χ0n) is 10.7. The SMILES string of the molecule is CCCN(CC)CCNc1cccc(Cl)c1N. The molecule has 0 saturated heterocycles. The summed E-state index contributed by atoms with van der Waals surface area (Å²) in [6, 6.07) is 5.67.